The minimum atomic E-state index is -0.886. The van der Waals surface area contributed by atoms with E-state index in [9.17, 15) is 9.90 Å². The van der Waals surface area contributed by atoms with Crippen LogP contribution in [-0.2, 0) is 4.79 Å². The van der Waals surface area contributed by atoms with Gasteiger partial charge in [0.2, 0.25) is 0 Å². The minimum absolute atomic E-state index is 0.0618. The first kappa shape index (κ1) is 15.7. The van der Waals surface area contributed by atoms with Crippen LogP contribution < -0.4 is 0 Å². The van der Waals surface area contributed by atoms with E-state index >= 15 is 0 Å². The Hall–Kier alpha value is -1.35. The maximum absolute atomic E-state index is 11.4. The van der Waals surface area contributed by atoms with Gasteiger partial charge in [0, 0.05) is 6.04 Å². The number of aryl methyl sites for hydroxylation is 3. The number of likely N-dealkylation sites (N-methyl/N-ethyl adjacent to an activating group) is 1. The van der Waals surface area contributed by atoms with Crippen LogP contribution in [0, 0.1) is 20.8 Å². The average Bonchev–Trinajstić information content (AvgIpc) is 2.25. The molecule has 106 valence electrons. The minimum Gasteiger partial charge on any atom is -0.480 e. The second kappa shape index (κ2) is 5.33. The molecule has 0 radical (unpaired) electrons. The van der Waals surface area contributed by atoms with Gasteiger partial charge in [-0.05, 0) is 65.3 Å². The Bertz CT molecular complexity index is 469. The topological polar surface area (TPSA) is 40.5 Å². The maximum atomic E-state index is 11.4. The SMILES string of the molecule is Cc1cc(C)c(C(C)N(C)C(C)(C)C(=O)O)c(C)c1. The zero-order valence-electron chi connectivity index (χ0n) is 13.0. The third kappa shape index (κ3) is 2.98. The highest BCUT2D eigenvalue weighted by Crippen LogP contribution is 2.31. The Labute approximate surface area is 116 Å². The fraction of sp³-hybridized carbons (Fsp3) is 0.562. The van der Waals surface area contributed by atoms with Crippen LogP contribution in [0.3, 0.4) is 0 Å². The summed E-state index contributed by atoms with van der Waals surface area (Å²) in [4.78, 5) is 13.3. The third-order valence-corrected chi connectivity index (χ3v) is 4.14. The van der Waals surface area contributed by atoms with Crippen LogP contribution in [-0.4, -0.2) is 28.6 Å². The summed E-state index contributed by atoms with van der Waals surface area (Å²) in [6.45, 7) is 11.8. The molecule has 0 saturated carbocycles. The second-order valence-electron chi connectivity index (χ2n) is 5.96. The highest BCUT2D eigenvalue weighted by atomic mass is 16.4. The van der Waals surface area contributed by atoms with Gasteiger partial charge in [0.1, 0.15) is 5.54 Å². The first-order valence-electron chi connectivity index (χ1n) is 6.63. The van der Waals surface area contributed by atoms with Crippen LogP contribution in [0.15, 0.2) is 12.1 Å². The third-order valence-electron chi connectivity index (χ3n) is 4.14. The largest absolute Gasteiger partial charge is 0.480 e. The molecular formula is C16H25NO2. The van der Waals surface area contributed by atoms with Crippen molar-refractivity contribution >= 4 is 5.97 Å². The number of rotatable bonds is 4. The molecule has 0 saturated heterocycles. The van der Waals surface area contributed by atoms with Gasteiger partial charge < -0.3 is 5.11 Å². The van der Waals surface area contributed by atoms with Crippen LogP contribution in [0.4, 0.5) is 0 Å². The second-order valence-corrected chi connectivity index (χ2v) is 5.96. The van der Waals surface area contributed by atoms with E-state index in [1.54, 1.807) is 13.8 Å². The lowest BCUT2D eigenvalue weighted by atomic mass is 9.91. The van der Waals surface area contributed by atoms with E-state index in [1.165, 1.54) is 22.3 Å². The molecule has 0 aliphatic carbocycles. The molecule has 0 aliphatic rings. The Morgan fingerprint density at radius 2 is 1.63 bits per heavy atom. The van der Waals surface area contributed by atoms with Gasteiger partial charge in [-0.2, -0.15) is 0 Å². The maximum Gasteiger partial charge on any atom is 0.323 e. The predicted molar refractivity (Wildman–Crippen MR) is 78.5 cm³/mol. The average molecular weight is 263 g/mol. The van der Waals surface area contributed by atoms with E-state index in [4.69, 9.17) is 0 Å². The molecule has 0 heterocycles. The molecule has 0 aromatic heterocycles. The number of benzene rings is 1. The summed E-state index contributed by atoms with van der Waals surface area (Å²) in [7, 11) is 1.87. The van der Waals surface area contributed by atoms with Gasteiger partial charge in [-0.1, -0.05) is 17.7 Å². The number of carboxylic acid groups (broad SMARTS) is 1. The number of carboxylic acids is 1. The number of hydrogen-bond acceptors (Lipinski definition) is 2. The number of hydrogen-bond donors (Lipinski definition) is 1. The van der Waals surface area contributed by atoms with Crippen molar-refractivity contribution in [3.8, 4) is 0 Å². The van der Waals surface area contributed by atoms with Gasteiger partial charge in [0.05, 0.1) is 0 Å². The molecule has 3 nitrogen and oxygen atoms in total. The lowest BCUT2D eigenvalue weighted by molar-refractivity contribution is -0.149. The molecular weight excluding hydrogens is 238 g/mol. The van der Waals surface area contributed by atoms with Crippen molar-refractivity contribution in [1.82, 2.24) is 4.90 Å². The summed E-state index contributed by atoms with van der Waals surface area (Å²) >= 11 is 0. The summed E-state index contributed by atoms with van der Waals surface area (Å²) in [6, 6.07) is 4.37. The number of nitrogens with zero attached hydrogens (tertiary/aromatic N) is 1. The van der Waals surface area contributed by atoms with Crippen LogP contribution in [0.25, 0.3) is 0 Å². The molecule has 19 heavy (non-hydrogen) atoms. The molecule has 3 heteroatoms. The van der Waals surface area contributed by atoms with Crippen LogP contribution >= 0.6 is 0 Å². The fourth-order valence-electron chi connectivity index (χ4n) is 2.68. The van der Waals surface area contributed by atoms with Crippen molar-refractivity contribution in [1.29, 1.82) is 0 Å². The molecule has 1 unspecified atom stereocenters. The van der Waals surface area contributed by atoms with E-state index in [-0.39, 0.29) is 6.04 Å². The van der Waals surface area contributed by atoms with Gasteiger partial charge in [-0.15, -0.1) is 0 Å². The molecule has 1 aromatic rings. The van der Waals surface area contributed by atoms with Gasteiger partial charge in [-0.3, -0.25) is 9.69 Å². The number of carbonyl (C=O) groups is 1. The fourth-order valence-corrected chi connectivity index (χ4v) is 2.68. The summed E-state index contributed by atoms with van der Waals surface area (Å²) in [5, 5.41) is 9.35. The van der Waals surface area contributed by atoms with E-state index < -0.39 is 11.5 Å². The summed E-state index contributed by atoms with van der Waals surface area (Å²) in [5.41, 5.74) is 4.02. The molecule has 1 atom stereocenters. The zero-order chi connectivity index (χ0) is 15.0. The van der Waals surface area contributed by atoms with Crippen LogP contribution in [0.5, 0.6) is 0 Å². The first-order valence-corrected chi connectivity index (χ1v) is 6.63. The van der Waals surface area contributed by atoms with Crippen molar-refractivity contribution in [2.24, 2.45) is 0 Å². The monoisotopic (exact) mass is 263 g/mol. The quantitative estimate of drug-likeness (QED) is 0.904. The molecule has 0 fully saturated rings. The van der Waals surface area contributed by atoms with Crippen molar-refractivity contribution in [2.45, 2.75) is 53.1 Å². The van der Waals surface area contributed by atoms with E-state index in [2.05, 4.69) is 39.8 Å². The lowest BCUT2D eigenvalue weighted by Crippen LogP contribution is -2.49. The van der Waals surface area contributed by atoms with Crippen molar-refractivity contribution in [3.05, 3.63) is 34.4 Å². The van der Waals surface area contributed by atoms with Crippen molar-refractivity contribution in [3.63, 3.8) is 0 Å². The lowest BCUT2D eigenvalue weighted by Gasteiger charge is -2.37. The molecule has 1 rings (SSSR count). The highest BCUT2D eigenvalue weighted by Gasteiger charge is 2.35. The summed E-state index contributed by atoms with van der Waals surface area (Å²) in [5.74, 6) is -0.802. The molecule has 0 spiro atoms. The van der Waals surface area contributed by atoms with Crippen molar-refractivity contribution in [2.75, 3.05) is 7.05 Å². The molecule has 0 aliphatic heterocycles. The Morgan fingerprint density at radius 3 is 2.00 bits per heavy atom. The highest BCUT2D eigenvalue weighted by molar-refractivity contribution is 5.77. The Balaban J connectivity index is 3.21. The molecule has 1 N–H and O–H groups in total. The standard InChI is InChI=1S/C16H25NO2/c1-10-8-11(2)14(12(3)9-10)13(4)17(7)16(5,6)15(18)19/h8-9,13H,1-7H3,(H,18,19). The van der Waals surface area contributed by atoms with E-state index in [0.717, 1.165) is 0 Å². The van der Waals surface area contributed by atoms with Gasteiger partial charge in [-0.25, -0.2) is 0 Å². The first-order chi connectivity index (χ1) is 8.59. The van der Waals surface area contributed by atoms with Crippen molar-refractivity contribution < 1.29 is 9.90 Å². The molecule has 0 amide bonds. The molecule has 1 aromatic carbocycles. The van der Waals surface area contributed by atoms with Crippen LogP contribution in [0.2, 0.25) is 0 Å². The van der Waals surface area contributed by atoms with Gasteiger partial charge >= 0.3 is 5.97 Å². The predicted octanol–water partition coefficient (Wildman–Crippen LogP) is 3.47. The smallest absolute Gasteiger partial charge is 0.323 e. The summed E-state index contributed by atoms with van der Waals surface area (Å²) in [6.07, 6.45) is 0. The normalized spacial score (nSPS) is 13.7. The molecule has 0 bridgehead atoms. The van der Waals surface area contributed by atoms with Gasteiger partial charge in [0.15, 0.2) is 0 Å². The van der Waals surface area contributed by atoms with E-state index in [1.807, 2.05) is 11.9 Å². The summed E-state index contributed by atoms with van der Waals surface area (Å²) < 4.78 is 0. The zero-order valence-corrected chi connectivity index (χ0v) is 13.0. The Morgan fingerprint density at radius 1 is 1.21 bits per heavy atom. The number of aliphatic carboxylic acids is 1. The van der Waals surface area contributed by atoms with Gasteiger partial charge in [0.25, 0.3) is 0 Å². The Kier molecular flexibility index (Phi) is 4.41. The van der Waals surface area contributed by atoms with Crippen LogP contribution in [0.1, 0.15) is 49.1 Å². The van der Waals surface area contributed by atoms with E-state index in [0.29, 0.717) is 0 Å².